The fourth-order valence-electron chi connectivity index (χ4n) is 5.18. The largest absolute Gasteiger partial charge is 0.368 e. The third kappa shape index (κ3) is 2.51. The lowest BCUT2D eigenvalue weighted by Crippen LogP contribution is -2.41. The Hall–Kier alpha value is -3.20. The van der Waals surface area contributed by atoms with E-state index in [0.29, 0.717) is 18.8 Å². The molecule has 30 heavy (non-hydrogen) atoms. The van der Waals surface area contributed by atoms with Crippen molar-refractivity contribution in [1.29, 1.82) is 0 Å². The number of fused-ring (bicyclic) bond motifs is 2. The van der Waals surface area contributed by atoms with E-state index in [0.717, 1.165) is 31.0 Å². The van der Waals surface area contributed by atoms with E-state index in [4.69, 9.17) is 4.74 Å². The van der Waals surface area contributed by atoms with Crippen molar-refractivity contribution in [2.75, 3.05) is 23.7 Å². The minimum atomic E-state index is -0.727. The summed E-state index contributed by atoms with van der Waals surface area (Å²) >= 11 is 0. The first-order chi connectivity index (χ1) is 14.6. The van der Waals surface area contributed by atoms with E-state index in [2.05, 4.69) is 20.7 Å². The molecule has 0 radical (unpaired) electrons. The van der Waals surface area contributed by atoms with Crippen LogP contribution in [0.4, 0.5) is 11.5 Å². The van der Waals surface area contributed by atoms with E-state index < -0.39 is 17.4 Å². The molecule has 6 heterocycles. The molecule has 2 fully saturated rings. The summed E-state index contributed by atoms with van der Waals surface area (Å²) in [5, 5.41) is 10.6. The summed E-state index contributed by atoms with van der Waals surface area (Å²) in [4.78, 5) is 32.6. The molecule has 6 rings (SSSR count). The lowest BCUT2D eigenvalue weighted by atomic mass is 9.77. The Morgan fingerprint density at radius 2 is 2.33 bits per heavy atom. The van der Waals surface area contributed by atoms with Crippen molar-refractivity contribution >= 4 is 23.3 Å². The van der Waals surface area contributed by atoms with E-state index in [1.54, 1.807) is 17.3 Å². The molecule has 2 aromatic heterocycles. The molecule has 2 bridgehead atoms. The molecule has 4 aliphatic rings. The van der Waals surface area contributed by atoms with Crippen LogP contribution >= 0.6 is 0 Å². The van der Waals surface area contributed by atoms with Crippen LogP contribution in [-0.2, 0) is 27.4 Å². The predicted molar refractivity (Wildman–Crippen MR) is 107 cm³/mol. The van der Waals surface area contributed by atoms with E-state index in [-0.39, 0.29) is 17.9 Å². The molecule has 4 atom stereocenters. The quantitative estimate of drug-likeness (QED) is 0.735. The average Bonchev–Trinajstić information content (AvgIpc) is 3.50. The second kappa shape index (κ2) is 6.40. The molecular weight excluding hydrogens is 384 g/mol. The molecule has 2 N–H and O–H groups in total. The molecule has 2 amide bonds. The third-order valence-corrected chi connectivity index (χ3v) is 6.50. The van der Waals surface area contributed by atoms with Crippen LogP contribution in [0.3, 0.4) is 0 Å². The Balaban J connectivity index is 1.25. The van der Waals surface area contributed by atoms with Crippen molar-refractivity contribution in [3.63, 3.8) is 0 Å². The van der Waals surface area contributed by atoms with E-state index in [1.807, 2.05) is 35.0 Å². The number of nitrogens with one attached hydrogen (secondary N) is 2. The first-order valence-electron chi connectivity index (χ1n) is 10.3. The molecule has 0 unspecified atom stereocenters. The van der Waals surface area contributed by atoms with Gasteiger partial charge in [0.25, 0.3) is 0 Å². The Labute approximate surface area is 173 Å². The van der Waals surface area contributed by atoms with Gasteiger partial charge >= 0.3 is 0 Å². The standard InChI is InChI=1S/C21H22N6O3/c28-19(25-14-10-24-27-9-3-8-23-18(14)27)16-15-5-6-21(30-15)12-26(20(29)17(16)21)11-13-4-1-2-7-22-13/h1-2,4-7,10,15-17,23H,3,8-9,11-12H2,(H,25,28)/t15-,16+,17-,21-/m1/s1. The zero-order chi connectivity index (χ0) is 20.3. The fraction of sp³-hybridized carbons (Fsp3) is 0.429. The summed E-state index contributed by atoms with van der Waals surface area (Å²) in [6, 6.07) is 5.65. The van der Waals surface area contributed by atoms with Gasteiger partial charge in [0.05, 0.1) is 42.9 Å². The zero-order valence-electron chi connectivity index (χ0n) is 16.3. The molecule has 0 saturated carbocycles. The zero-order valence-corrected chi connectivity index (χ0v) is 16.3. The lowest BCUT2D eigenvalue weighted by molar-refractivity contribution is -0.136. The van der Waals surface area contributed by atoms with Crippen molar-refractivity contribution in [2.24, 2.45) is 11.8 Å². The van der Waals surface area contributed by atoms with Gasteiger partial charge in [-0.05, 0) is 18.6 Å². The number of amides is 2. The van der Waals surface area contributed by atoms with Gasteiger partial charge in [-0.3, -0.25) is 14.6 Å². The van der Waals surface area contributed by atoms with Gasteiger partial charge < -0.3 is 20.3 Å². The van der Waals surface area contributed by atoms with E-state index >= 15 is 0 Å². The van der Waals surface area contributed by atoms with Gasteiger partial charge in [-0.1, -0.05) is 18.2 Å². The lowest BCUT2D eigenvalue weighted by Gasteiger charge is -2.24. The first-order valence-corrected chi connectivity index (χ1v) is 10.3. The number of rotatable bonds is 4. The van der Waals surface area contributed by atoms with Crippen molar-refractivity contribution < 1.29 is 14.3 Å². The summed E-state index contributed by atoms with van der Waals surface area (Å²) in [5.41, 5.74) is 0.741. The third-order valence-electron chi connectivity index (χ3n) is 6.50. The monoisotopic (exact) mass is 406 g/mol. The number of anilines is 2. The van der Waals surface area contributed by atoms with Crippen LogP contribution in [-0.4, -0.2) is 56.3 Å². The topological polar surface area (TPSA) is 101 Å². The van der Waals surface area contributed by atoms with Gasteiger partial charge in [0.1, 0.15) is 17.1 Å². The highest BCUT2D eigenvalue weighted by Gasteiger charge is 2.66. The number of aryl methyl sites for hydroxylation is 1. The molecule has 4 aliphatic heterocycles. The second-order valence-corrected chi connectivity index (χ2v) is 8.31. The molecule has 0 aliphatic carbocycles. The van der Waals surface area contributed by atoms with Crippen LogP contribution < -0.4 is 10.6 Å². The SMILES string of the molecule is O=C(Nc1cnn2c1NCCC2)[C@H]1[C@H]2C=C[C@]3(CN(Cc4ccccn4)C(=O)[C@@H]13)O2. The number of ether oxygens (including phenoxy) is 1. The van der Waals surface area contributed by atoms with Crippen molar-refractivity contribution in [1.82, 2.24) is 19.7 Å². The van der Waals surface area contributed by atoms with Crippen LogP contribution in [0.2, 0.25) is 0 Å². The van der Waals surface area contributed by atoms with Gasteiger partial charge in [-0.25, -0.2) is 4.68 Å². The number of likely N-dealkylation sites (tertiary alicyclic amines) is 1. The number of pyridine rings is 1. The highest BCUT2D eigenvalue weighted by Crippen LogP contribution is 2.52. The van der Waals surface area contributed by atoms with Crippen LogP contribution in [0.25, 0.3) is 0 Å². The molecular formula is C21H22N6O3. The number of nitrogens with zero attached hydrogens (tertiary/aromatic N) is 4. The predicted octanol–water partition coefficient (Wildman–Crippen LogP) is 1.01. The molecule has 154 valence electrons. The Morgan fingerprint density at radius 1 is 1.40 bits per heavy atom. The van der Waals surface area contributed by atoms with Crippen molar-refractivity contribution in [3.05, 3.63) is 48.4 Å². The maximum atomic E-state index is 13.3. The Kier molecular flexibility index (Phi) is 3.76. The van der Waals surface area contributed by atoms with Gasteiger partial charge in [0.2, 0.25) is 11.8 Å². The molecule has 9 nitrogen and oxygen atoms in total. The van der Waals surface area contributed by atoms with E-state index in [1.165, 1.54) is 0 Å². The smallest absolute Gasteiger partial charge is 0.231 e. The number of aromatic nitrogens is 3. The molecule has 2 aromatic rings. The average molecular weight is 406 g/mol. The maximum absolute atomic E-state index is 13.3. The number of carbonyl (C=O) groups is 2. The van der Waals surface area contributed by atoms with Crippen LogP contribution in [0.15, 0.2) is 42.7 Å². The summed E-state index contributed by atoms with van der Waals surface area (Å²) in [6.07, 6.45) is 7.88. The Morgan fingerprint density at radius 3 is 3.20 bits per heavy atom. The number of hydrogen-bond donors (Lipinski definition) is 2. The van der Waals surface area contributed by atoms with Gasteiger partial charge in [0.15, 0.2) is 0 Å². The Bertz CT molecular complexity index is 1050. The minimum Gasteiger partial charge on any atom is -0.368 e. The van der Waals surface area contributed by atoms with Crippen molar-refractivity contribution in [3.8, 4) is 0 Å². The first kappa shape index (κ1) is 17.6. The van der Waals surface area contributed by atoms with Crippen LogP contribution in [0, 0.1) is 11.8 Å². The highest BCUT2D eigenvalue weighted by molar-refractivity contribution is 6.00. The normalized spacial score (nSPS) is 30.9. The molecule has 0 aromatic carbocycles. The summed E-state index contributed by atoms with van der Waals surface area (Å²) in [6.45, 7) is 2.52. The summed E-state index contributed by atoms with van der Waals surface area (Å²) in [5.74, 6) is -0.514. The minimum absolute atomic E-state index is 0.0530. The van der Waals surface area contributed by atoms with Gasteiger partial charge in [0, 0.05) is 19.3 Å². The van der Waals surface area contributed by atoms with Crippen molar-refractivity contribution in [2.45, 2.75) is 31.2 Å². The fourth-order valence-corrected chi connectivity index (χ4v) is 5.18. The molecule has 9 heteroatoms. The van der Waals surface area contributed by atoms with Crippen LogP contribution in [0.1, 0.15) is 12.1 Å². The van der Waals surface area contributed by atoms with Gasteiger partial charge in [-0.15, -0.1) is 0 Å². The maximum Gasteiger partial charge on any atom is 0.231 e. The highest BCUT2D eigenvalue weighted by atomic mass is 16.5. The second-order valence-electron chi connectivity index (χ2n) is 8.31. The summed E-state index contributed by atoms with van der Waals surface area (Å²) in [7, 11) is 0. The van der Waals surface area contributed by atoms with Crippen LogP contribution in [0.5, 0.6) is 0 Å². The molecule has 1 spiro atoms. The molecule has 2 saturated heterocycles. The number of carbonyl (C=O) groups excluding carboxylic acids is 2. The van der Waals surface area contributed by atoms with E-state index in [9.17, 15) is 9.59 Å². The summed E-state index contributed by atoms with van der Waals surface area (Å²) < 4.78 is 8.05. The number of hydrogen-bond acceptors (Lipinski definition) is 6. The van der Waals surface area contributed by atoms with Gasteiger partial charge in [-0.2, -0.15) is 5.10 Å².